The Kier molecular flexibility index (Phi) is 5.29. The molecule has 0 spiro atoms. The van der Waals surface area contributed by atoms with Crippen LogP contribution in [0.4, 0.5) is 17.5 Å². The van der Waals surface area contributed by atoms with Crippen molar-refractivity contribution in [2.75, 3.05) is 29.9 Å². The van der Waals surface area contributed by atoms with E-state index in [0.29, 0.717) is 6.61 Å². The highest BCUT2D eigenvalue weighted by molar-refractivity contribution is 5.58. The van der Waals surface area contributed by atoms with Gasteiger partial charge < -0.3 is 15.0 Å². The van der Waals surface area contributed by atoms with Crippen LogP contribution in [-0.2, 0) is 0 Å². The third-order valence-corrected chi connectivity index (χ3v) is 3.97. The van der Waals surface area contributed by atoms with E-state index in [1.807, 2.05) is 43.5 Å². The Morgan fingerprint density at radius 3 is 2.48 bits per heavy atom. The first-order valence-electron chi connectivity index (χ1n) is 8.43. The van der Waals surface area contributed by atoms with E-state index in [1.54, 1.807) is 0 Å². The Morgan fingerprint density at radius 2 is 1.78 bits per heavy atom. The van der Waals surface area contributed by atoms with Crippen LogP contribution in [0.25, 0.3) is 0 Å². The molecule has 1 aromatic carbocycles. The summed E-state index contributed by atoms with van der Waals surface area (Å²) >= 11 is 0. The first kappa shape index (κ1) is 15.6. The lowest BCUT2D eigenvalue weighted by Gasteiger charge is -2.20. The van der Waals surface area contributed by atoms with E-state index in [1.165, 1.54) is 25.7 Å². The number of rotatable bonds is 5. The molecule has 0 aliphatic carbocycles. The molecule has 0 unspecified atom stereocenters. The van der Waals surface area contributed by atoms with Crippen molar-refractivity contribution >= 4 is 17.5 Å². The fourth-order valence-electron chi connectivity index (χ4n) is 2.79. The van der Waals surface area contributed by atoms with Crippen molar-refractivity contribution in [2.24, 2.45) is 0 Å². The molecule has 0 radical (unpaired) electrons. The quantitative estimate of drug-likeness (QED) is 0.904. The number of nitrogens with one attached hydrogen (secondary N) is 1. The van der Waals surface area contributed by atoms with Crippen molar-refractivity contribution in [2.45, 2.75) is 32.6 Å². The van der Waals surface area contributed by atoms with Crippen LogP contribution in [0.1, 0.15) is 32.6 Å². The minimum absolute atomic E-state index is 0.678. The standard InChI is InChI=1S/C18H24N4O/c1-2-23-16-9-7-15(8-10-16)20-17-11-12-19-18(21-17)22-13-5-3-4-6-14-22/h7-12H,2-6,13-14H2,1H3,(H,19,20,21). The molecule has 0 atom stereocenters. The molecular weight excluding hydrogens is 288 g/mol. The van der Waals surface area contributed by atoms with Crippen molar-refractivity contribution < 1.29 is 4.74 Å². The van der Waals surface area contributed by atoms with Gasteiger partial charge in [-0.05, 0) is 50.1 Å². The summed E-state index contributed by atoms with van der Waals surface area (Å²) in [6, 6.07) is 9.82. The molecule has 5 heteroatoms. The maximum atomic E-state index is 5.46. The predicted molar refractivity (Wildman–Crippen MR) is 93.6 cm³/mol. The van der Waals surface area contributed by atoms with Gasteiger partial charge in [0.25, 0.3) is 0 Å². The van der Waals surface area contributed by atoms with Gasteiger partial charge in [-0.3, -0.25) is 0 Å². The Bertz CT molecular complexity index is 607. The van der Waals surface area contributed by atoms with Gasteiger partial charge in [-0.25, -0.2) is 4.98 Å². The molecule has 2 heterocycles. The topological polar surface area (TPSA) is 50.3 Å². The monoisotopic (exact) mass is 312 g/mol. The van der Waals surface area contributed by atoms with Crippen molar-refractivity contribution in [1.29, 1.82) is 0 Å². The normalized spacial score (nSPS) is 15.1. The molecule has 2 aromatic rings. The predicted octanol–water partition coefficient (Wildman–Crippen LogP) is 4.00. The summed E-state index contributed by atoms with van der Waals surface area (Å²) in [5, 5.41) is 3.34. The van der Waals surface area contributed by atoms with E-state index in [0.717, 1.165) is 36.3 Å². The van der Waals surface area contributed by atoms with Crippen LogP contribution in [-0.4, -0.2) is 29.7 Å². The van der Waals surface area contributed by atoms with Crippen LogP contribution in [0.3, 0.4) is 0 Å². The minimum atomic E-state index is 0.678. The summed E-state index contributed by atoms with van der Waals surface area (Å²) in [5.41, 5.74) is 0.994. The highest BCUT2D eigenvalue weighted by Crippen LogP contribution is 2.21. The van der Waals surface area contributed by atoms with Gasteiger partial charge in [0.15, 0.2) is 0 Å². The second-order valence-corrected chi connectivity index (χ2v) is 5.73. The summed E-state index contributed by atoms with van der Waals surface area (Å²) in [5.74, 6) is 2.53. The van der Waals surface area contributed by atoms with Crippen molar-refractivity contribution in [3.63, 3.8) is 0 Å². The first-order chi connectivity index (χ1) is 11.3. The molecule has 0 bridgehead atoms. The van der Waals surface area contributed by atoms with E-state index in [4.69, 9.17) is 4.74 Å². The lowest BCUT2D eigenvalue weighted by Crippen LogP contribution is -2.26. The van der Waals surface area contributed by atoms with E-state index in [-0.39, 0.29) is 0 Å². The van der Waals surface area contributed by atoms with Gasteiger partial charge >= 0.3 is 0 Å². The van der Waals surface area contributed by atoms with Gasteiger partial charge in [0.1, 0.15) is 11.6 Å². The molecular formula is C18H24N4O. The lowest BCUT2D eigenvalue weighted by atomic mass is 10.2. The Labute approximate surface area is 137 Å². The Morgan fingerprint density at radius 1 is 1.04 bits per heavy atom. The Hall–Kier alpha value is -2.30. The van der Waals surface area contributed by atoms with Gasteiger partial charge in [0.05, 0.1) is 6.61 Å². The zero-order valence-electron chi connectivity index (χ0n) is 13.7. The fourth-order valence-corrected chi connectivity index (χ4v) is 2.79. The van der Waals surface area contributed by atoms with Gasteiger partial charge in [-0.2, -0.15) is 4.98 Å². The second-order valence-electron chi connectivity index (χ2n) is 5.73. The first-order valence-corrected chi connectivity index (χ1v) is 8.43. The molecule has 122 valence electrons. The molecule has 1 aromatic heterocycles. The van der Waals surface area contributed by atoms with Crippen molar-refractivity contribution in [3.8, 4) is 5.75 Å². The molecule has 5 nitrogen and oxygen atoms in total. The SMILES string of the molecule is CCOc1ccc(Nc2ccnc(N3CCCCCC3)n2)cc1. The highest BCUT2D eigenvalue weighted by Gasteiger charge is 2.12. The fraction of sp³-hybridized carbons (Fsp3) is 0.444. The van der Waals surface area contributed by atoms with Crippen molar-refractivity contribution in [3.05, 3.63) is 36.5 Å². The minimum Gasteiger partial charge on any atom is -0.494 e. The van der Waals surface area contributed by atoms with E-state index >= 15 is 0 Å². The number of benzene rings is 1. The van der Waals surface area contributed by atoms with Gasteiger partial charge in [0, 0.05) is 25.0 Å². The summed E-state index contributed by atoms with van der Waals surface area (Å²) in [6.45, 7) is 4.76. The van der Waals surface area contributed by atoms with Gasteiger partial charge in [-0.15, -0.1) is 0 Å². The Balaban J connectivity index is 1.69. The van der Waals surface area contributed by atoms with Crippen LogP contribution in [0.15, 0.2) is 36.5 Å². The van der Waals surface area contributed by atoms with Crippen LogP contribution >= 0.6 is 0 Å². The lowest BCUT2D eigenvalue weighted by molar-refractivity contribution is 0.340. The van der Waals surface area contributed by atoms with Crippen LogP contribution in [0, 0.1) is 0 Å². The van der Waals surface area contributed by atoms with Crippen molar-refractivity contribution in [1.82, 2.24) is 9.97 Å². The van der Waals surface area contributed by atoms with Crippen LogP contribution in [0.2, 0.25) is 0 Å². The molecule has 3 rings (SSSR count). The molecule has 23 heavy (non-hydrogen) atoms. The molecule has 0 amide bonds. The third kappa shape index (κ3) is 4.34. The zero-order valence-corrected chi connectivity index (χ0v) is 13.7. The number of hydrogen-bond acceptors (Lipinski definition) is 5. The maximum Gasteiger partial charge on any atom is 0.227 e. The molecule has 0 saturated carbocycles. The van der Waals surface area contributed by atoms with E-state index in [2.05, 4.69) is 20.2 Å². The van der Waals surface area contributed by atoms with E-state index < -0.39 is 0 Å². The molecule has 1 fully saturated rings. The van der Waals surface area contributed by atoms with Gasteiger partial charge in [-0.1, -0.05) is 12.8 Å². The average molecular weight is 312 g/mol. The van der Waals surface area contributed by atoms with Crippen LogP contribution < -0.4 is 15.0 Å². The summed E-state index contributed by atoms with van der Waals surface area (Å²) in [7, 11) is 0. The van der Waals surface area contributed by atoms with Crippen LogP contribution in [0.5, 0.6) is 5.75 Å². The number of hydrogen-bond donors (Lipinski definition) is 1. The summed E-state index contributed by atoms with van der Waals surface area (Å²) in [6.07, 6.45) is 6.88. The largest absolute Gasteiger partial charge is 0.494 e. The number of aromatic nitrogens is 2. The maximum absolute atomic E-state index is 5.46. The van der Waals surface area contributed by atoms with Gasteiger partial charge in [0.2, 0.25) is 5.95 Å². The number of anilines is 3. The molecule has 1 aliphatic heterocycles. The molecule has 1 aliphatic rings. The average Bonchev–Trinajstić information content (AvgIpc) is 2.87. The van der Waals surface area contributed by atoms with E-state index in [9.17, 15) is 0 Å². The summed E-state index contributed by atoms with van der Waals surface area (Å²) < 4.78 is 5.46. The highest BCUT2D eigenvalue weighted by atomic mass is 16.5. The molecule has 1 saturated heterocycles. The third-order valence-electron chi connectivity index (χ3n) is 3.97. The smallest absolute Gasteiger partial charge is 0.227 e. The second kappa shape index (κ2) is 7.81. The number of ether oxygens (including phenoxy) is 1. The zero-order chi connectivity index (χ0) is 15.9. The number of nitrogens with zero attached hydrogens (tertiary/aromatic N) is 3. The summed E-state index contributed by atoms with van der Waals surface area (Å²) in [4.78, 5) is 11.4. The molecule has 1 N–H and O–H groups in total.